The van der Waals surface area contributed by atoms with E-state index in [1.54, 1.807) is 36.4 Å². The van der Waals surface area contributed by atoms with E-state index in [1.807, 2.05) is 6.92 Å². The third-order valence-electron chi connectivity index (χ3n) is 4.63. The number of aromatic hydroxyl groups is 1. The number of aryl methyl sites for hydroxylation is 1. The lowest BCUT2D eigenvalue weighted by Gasteiger charge is -2.13. The molecule has 178 valence electrons. The van der Waals surface area contributed by atoms with Gasteiger partial charge in [-0.15, -0.1) is 0 Å². The van der Waals surface area contributed by atoms with Crippen LogP contribution in [-0.4, -0.2) is 39.1 Å². The molecule has 0 atom stereocenters. The van der Waals surface area contributed by atoms with Crippen LogP contribution >= 0.6 is 15.9 Å². The van der Waals surface area contributed by atoms with Crippen molar-refractivity contribution in [2.24, 2.45) is 0 Å². The number of methoxy groups -OCH3 is 1. The van der Waals surface area contributed by atoms with Gasteiger partial charge in [-0.05, 0) is 61.0 Å². The van der Waals surface area contributed by atoms with E-state index in [-0.39, 0.29) is 10.6 Å². The van der Waals surface area contributed by atoms with E-state index < -0.39 is 39.8 Å². The van der Waals surface area contributed by atoms with Crippen LogP contribution < -0.4 is 14.8 Å². The van der Waals surface area contributed by atoms with Crippen molar-refractivity contribution in [3.8, 4) is 11.5 Å². The summed E-state index contributed by atoms with van der Waals surface area (Å²) in [6.07, 6.45) is 0. The predicted molar refractivity (Wildman–Crippen MR) is 130 cm³/mol. The van der Waals surface area contributed by atoms with E-state index in [9.17, 15) is 23.1 Å². The number of para-hydroxylation sites is 2. The molecule has 3 N–H and O–H groups in total. The van der Waals surface area contributed by atoms with E-state index >= 15 is 0 Å². The van der Waals surface area contributed by atoms with E-state index in [0.29, 0.717) is 11.4 Å². The van der Waals surface area contributed by atoms with Gasteiger partial charge < -0.3 is 19.9 Å². The molecule has 0 aliphatic carbocycles. The number of esters is 1. The molecule has 34 heavy (non-hydrogen) atoms. The summed E-state index contributed by atoms with van der Waals surface area (Å²) >= 11 is 3.36. The highest BCUT2D eigenvalue weighted by molar-refractivity contribution is 9.10. The molecule has 1 amide bonds. The number of sulfonamides is 1. The van der Waals surface area contributed by atoms with Crippen molar-refractivity contribution in [3.05, 3.63) is 76.3 Å². The van der Waals surface area contributed by atoms with Crippen LogP contribution in [0.1, 0.15) is 15.9 Å². The lowest BCUT2D eigenvalue weighted by atomic mass is 10.2. The summed E-state index contributed by atoms with van der Waals surface area (Å²) in [5.74, 6) is -1.85. The Hall–Kier alpha value is -3.57. The minimum absolute atomic E-state index is 0.196. The molecule has 11 heteroatoms. The highest BCUT2D eigenvalue weighted by Crippen LogP contribution is 2.28. The molecule has 0 unspecified atom stereocenters. The summed E-state index contributed by atoms with van der Waals surface area (Å²) in [5, 5.41) is 12.6. The molecule has 3 aromatic rings. The smallest absolute Gasteiger partial charge is 0.342 e. The number of ether oxygens (including phenoxy) is 2. The maximum absolute atomic E-state index is 12.8. The van der Waals surface area contributed by atoms with Gasteiger partial charge in [-0.2, -0.15) is 0 Å². The Morgan fingerprint density at radius 3 is 2.50 bits per heavy atom. The first-order valence-electron chi connectivity index (χ1n) is 9.82. The van der Waals surface area contributed by atoms with Crippen molar-refractivity contribution in [2.75, 3.05) is 23.8 Å². The number of phenolic OH excluding ortho intramolecular Hbond substituents is 1. The van der Waals surface area contributed by atoms with Crippen LogP contribution in [0.5, 0.6) is 11.5 Å². The van der Waals surface area contributed by atoms with E-state index in [1.165, 1.54) is 13.2 Å². The van der Waals surface area contributed by atoms with Crippen molar-refractivity contribution in [1.82, 2.24) is 0 Å². The first-order valence-corrected chi connectivity index (χ1v) is 12.1. The van der Waals surface area contributed by atoms with Gasteiger partial charge in [0.25, 0.3) is 15.9 Å². The number of rotatable bonds is 8. The van der Waals surface area contributed by atoms with Gasteiger partial charge in [0.1, 0.15) is 17.1 Å². The van der Waals surface area contributed by atoms with E-state index in [0.717, 1.165) is 28.2 Å². The van der Waals surface area contributed by atoms with Crippen molar-refractivity contribution < 1.29 is 32.6 Å². The molecule has 0 heterocycles. The molecule has 0 radical (unpaired) electrons. The quantitative estimate of drug-likeness (QED) is 0.361. The summed E-state index contributed by atoms with van der Waals surface area (Å²) < 4.78 is 39.0. The van der Waals surface area contributed by atoms with Gasteiger partial charge in [0, 0.05) is 10.2 Å². The number of carbonyl (C=O) groups excluding carboxylic acids is 2. The number of amides is 1. The second-order valence-electron chi connectivity index (χ2n) is 7.07. The molecule has 0 aliphatic rings. The predicted octanol–water partition coefficient (Wildman–Crippen LogP) is 4.07. The van der Waals surface area contributed by atoms with Gasteiger partial charge in [-0.1, -0.05) is 28.1 Å². The Kier molecular flexibility index (Phi) is 7.79. The standard InChI is InChI=1S/C23H21BrN2O7S/c1-14-11-15(7-9-18(14)24)25-22(28)13-33-23(29)17-12-16(8-10-20(17)27)34(30,31)26-19-5-3-4-6-21(19)32-2/h3-12,26-27H,13H2,1-2H3,(H,25,28). The third kappa shape index (κ3) is 6.06. The maximum atomic E-state index is 12.8. The summed E-state index contributed by atoms with van der Waals surface area (Å²) in [6.45, 7) is 1.22. The average Bonchev–Trinajstić information content (AvgIpc) is 2.80. The summed E-state index contributed by atoms with van der Waals surface area (Å²) in [7, 11) is -2.73. The number of hydrogen-bond acceptors (Lipinski definition) is 7. The van der Waals surface area contributed by atoms with Crippen LogP contribution in [0.3, 0.4) is 0 Å². The Bertz CT molecular complexity index is 1340. The van der Waals surface area contributed by atoms with Crippen LogP contribution in [0.2, 0.25) is 0 Å². The van der Waals surface area contributed by atoms with Crippen LogP contribution in [0.4, 0.5) is 11.4 Å². The lowest BCUT2D eigenvalue weighted by molar-refractivity contribution is -0.119. The Morgan fingerprint density at radius 1 is 1.06 bits per heavy atom. The monoisotopic (exact) mass is 548 g/mol. The second kappa shape index (κ2) is 10.6. The molecule has 0 bridgehead atoms. The number of benzene rings is 3. The Balaban J connectivity index is 1.71. The molecule has 0 spiro atoms. The van der Waals surface area contributed by atoms with Crippen LogP contribution in [-0.2, 0) is 19.6 Å². The zero-order valence-corrected chi connectivity index (χ0v) is 20.6. The molecule has 3 aromatic carbocycles. The largest absolute Gasteiger partial charge is 0.507 e. The zero-order chi connectivity index (χ0) is 24.9. The van der Waals surface area contributed by atoms with Crippen molar-refractivity contribution in [3.63, 3.8) is 0 Å². The zero-order valence-electron chi connectivity index (χ0n) is 18.2. The van der Waals surface area contributed by atoms with Crippen LogP contribution in [0.25, 0.3) is 0 Å². The normalized spacial score (nSPS) is 10.9. The topological polar surface area (TPSA) is 131 Å². The number of nitrogens with one attached hydrogen (secondary N) is 2. The summed E-state index contributed by atoms with van der Waals surface area (Å²) in [4.78, 5) is 24.3. The number of halogens is 1. The Morgan fingerprint density at radius 2 is 1.79 bits per heavy atom. The van der Waals surface area contributed by atoms with Gasteiger partial charge in [-0.3, -0.25) is 9.52 Å². The van der Waals surface area contributed by atoms with Crippen molar-refractivity contribution >= 4 is 49.2 Å². The minimum atomic E-state index is -4.13. The number of hydrogen-bond donors (Lipinski definition) is 3. The first kappa shape index (κ1) is 25.1. The summed E-state index contributed by atoms with van der Waals surface area (Å²) in [6, 6.07) is 14.7. The Labute approximate surface area is 204 Å². The fraction of sp³-hybridized carbons (Fsp3) is 0.130. The van der Waals surface area contributed by atoms with Gasteiger partial charge in [0.05, 0.1) is 17.7 Å². The summed E-state index contributed by atoms with van der Waals surface area (Å²) in [5.41, 5.74) is 1.21. The van der Waals surface area contributed by atoms with Crippen LogP contribution in [0, 0.1) is 6.92 Å². The highest BCUT2D eigenvalue weighted by atomic mass is 79.9. The maximum Gasteiger partial charge on any atom is 0.342 e. The van der Waals surface area contributed by atoms with Crippen molar-refractivity contribution in [2.45, 2.75) is 11.8 Å². The van der Waals surface area contributed by atoms with Gasteiger partial charge in [0.2, 0.25) is 0 Å². The molecule has 0 aliphatic heterocycles. The molecule has 0 fully saturated rings. The van der Waals surface area contributed by atoms with Gasteiger partial charge >= 0.3 is 5.97 Å². The first-order chi connectivity index (χ1) is 16.1. The highest BCUT2D eigenvalue weighted by Gasteiger charge is 2.22. The third-order valence-corrected chi connectivity index (χ3v) is 6.88. The van der Waals surface area contributed by atoms with E-state index in [4.69, 9.17) is 9.47 Å². The molecule has 0 saturated carbocycles. The molecule has 9 nitrogen and oxygen atoms in total. The van der Waals surface area contributed by atoms with Crippen LogP contribution in [0.15, 0.2) is 70.0 Å². The number of anilines is 2. The molecular formula is C23H21BrN2O7S. The SMILES string of the molecule is COc1ccccc1NS(=O)(=O)c1ccc(O)c(C(=O)OCC(=O)Nc2ccc(Br)c(C)c2)c1. The van der Waals surface area contributed by atoms with Crippen molar-refractivity contribution in [1.29, 1.82) is 0 Å². The molecule has 0 saturated heterocycles. The average molecular weight is 549 g/mol. The second-order valence-corrected chi connectivity index (χ2v) is 9.61. The van der Waals surface area contributed by atoms with E-state index in [2.05, 4.69) is 26.0 Å². The van der Waals surface area contributed by atoms with Gasteiger partial charge in [-0.25, -0.2) is 13.2 Å². The van der Waals surface area contributed by atoms with Gasteiger partial charge in [0.15, 0.2) is 6.61 Å². The molecule has 0 aromatic heterocycles. The fourth-order valence-electron chi connectivity index (χ4n) is 2.91. The fourth-order valence-corrected chi connectivity index (χ4v) is 4.25. The molecular weight excluding hydrogens is 528 g/mol. The lowest BCUT2D eigenvalue weighted by Crippen LogP contribution is -2.21. The number of carbonyl (C=O) groups is 2. The minimum Gasteiger partial charge on any atom is -0.507 e. The number of phenols is 1. The molecule has 3 rings (SSSR count).